The highest BCUT2D eigenvalue weighted by Gasteiger charge is 2.26. The molecule has 1 aromatic heterocycles. The number of carbonyl (C=O) groups is 1. The molecule has 2 heterocycles. The molecule has 5 heteroatoms. The van der Waals surface area contributed by atoms with Crippen molar-refractivity contribution in [1.29, 1.82) is 0 Å². The van der Waals surface area contributed by atoms with E-state index in [-0.39, 0.29) is 5.92 Å². The molecule has 0 unspecified atom stereocenters. The Kier molecular flexibility index (Phi) is 3.88. The zero-order valence-electron chi connectivity index (χ0n) is 12.9. The Balaban J connectivity index is 2.00. The normalized spacial score (nSPS) is 16.0. The molecule has 0 aliphatic carbocycles. The van der Waals surface area contributed by atoms with E-state index in [4.69, 9.17) is 9.84 Å². The Morgan fingerprint density at radius 2 is 2.09 bits per heavy atom. The Morgan fingerprint density at radius 1 is 1.36 bits per heavy atom. The average molecular weight is 300 g/mol. The van der Waals surface area contributed by atoms with Crippen LogP contribution >= 0.6 is 0 Å². The number of hydrogen-bond acceptors (Lipinski definition) is 4. The predicted octanol–water partition coefficient (Wildman–Crippen LogP) is 2.85. The van der Waals surface area contributed by atoms with Crippen LogP contribution in [0, 0.1) is 12.8 Å². The van der Waals surface area contributed by atoms with Crippen LogP contribution in [0.2, 0.25) is 0 Å². The molecule has 1 aliphatic heterocycles. The number of fused-ring (bicyclic) bond motifs is 1. The fourth-order valence-corrected chi connectivity index (χ4v) is 3.22. The van der Waals surface area contributed by atoms with Gasteiger partial charge in [-0.1, -0.05) is 12.1 Å². The molecule has 1 aromatic carbocycles. The molecule has 0 spiro atoms. The van der Waals surface area contributed by atoms with Crippen molar-refractivity contribution < 1.29 is 14.6 Å². The highest BCUT2D eigenvalue weighted by Crippen LogP contribution is 2.35. The number of aromatic nitrogens is 1. The minimum absolute atomic E-state index is 0.223. The van der Waals surface area contributed by atoms with Crippen molar-refractivity contribution >= 4 is 22.6 Å². The SMILES string of the molecule is COc1cccc2c(N3CCC(C(=O)O)CC3)c(C)cnc12. The monoisotopic (exact) mass is 300 g/mol. The number of carboxylic acids is 1. The number of benzene rings is 1. The highest BCUT2D eigenvalue weighted by molar-refractivity contribution is 5.96. The first kappa shape index (κ1) is 14.6. The summed E-state index contributed by atoms with van der Waals surface area (Å²) in [5.74, 6) is -0.143. The van der Waals surface area contributed by atoms with Crippen LogP contribution in [0.5, 0.6) is 5.75 Å². The molecule has 0 bridgehead atoms. The van der Waals surface area contributed by atoms with E-state index >= 15 is 0 Å². The van der Waals surface area contributed by atoms with Crippen molar-refractivity contribution in [2.45, 2.75) is 19.8 Å². The van der Waals surface area contributed by atoms with Crippen molar-refractivity contribution in [3.8, 4) is 5.75 Å². The Labute approximate surface area is 129 Å². The van der Waals surface area contributed by atoms with Crippen molar-refractivity contribution in [2.75, 3.05) is 25.1 Å². The van der Waals surface area contributed by atoms with Crippen molar-refractivity contribution in [2.24, 2.45) is 5.92 Å². The summed E-state index contributed by atoms with van der Waals surface area (Å²) in [4.78, 5) is 17.9. The molecule has 5 nitrogen and oxygen atoms in total. The topological polar surface area (TPSA) is 62.7 Å². The standard InChI is InChI=1S/C17H20N2O3/c1-11-10-18-15-13(4-3-5-14(15)22-2)16(11)19-8-6-12(7-9-19)17(20)21/h3-5,10,12H,6-9H2,1-2H3,(H,20,21). The van der Waals surface area contributed by atoms with Crippen LogP contribution in [-0.4, -0.2) is 36.3 Å². The molecule has 3 rings (SSSR count). The molecule has 116 valence electrons. The molecule has 1 N–H and O–H groups in total. The van der Waals surface area contributed by atoms with Gasteiger partial charge in [0.05, 0.1) is 18.7 Å². The third-order valence-electron chi connectivity index (χ3n) is 4.40. The number of pyridine rings is 1. The van der Waals surface area contributed by atoms with E-state index < -0.39 is 5.97 Å². The van der Waals surface area contributed by atoms with Crippen LogP contribution in [0.15, 0.2) is 24.4 Å². The molecule has 2 aromatic rings. The second-order valence-electron chi connectivity index (χ2n) is 5.75. The lowest BCUT2D eigenvalue weighted by molar-refractivity contribution is -0.142. The van der Waals surface area contributed by atoms with Crippen LogP contribution in [0.25, 0.3) is 10.9 Å². The Bertz CT molecular complexity index is 706. The van der Waals surface area contributed by atoms with Gasteiger partial charge in [-0.2, -0.15) is 0 Å². The fraction of sp³-hybridized carbons (Fsp3) is 0.412. The third kappa shape index (κ3) is 2.47. The fourth-order valence-electron chi connectivity index (χ4n) is 3.22. The van der Waals surface area contributed by atoms with Gasteiger partial charge in [-0.15, -0.1) is 0 Å². The first-order chi connectivity index (χ1) is 10.6. The van der Waals surface area contributed by atoms with Crippen LogP contribution in [0.3, 0.4) is 0 Å². The number of aliphatic carboxylic acids is 1. The molecule has 0 saturated carbocycles. The second kappa shape index (κ2) is 5.83. The maximum Gasteiger partial charge on any atom is 0.306 e. The maximum absolute atomic E-state index is 11.1. The molecule has 0 radical (unpaired) electrons. The smallest absolute Gasteiger partial charge is 0.306 e. The van der Waals surface area contributed by atoms with Crippen molar-refractivity contribution in [1.82, 2.24) is 4.98 Å². The van der Waals surface area contributed by atoms with Crippen LogP contribution in [0.4, 0.5) is 5.69 Å². The Hall–Kier alpha value is -2.30. The summed E-state index contributed by atoms with van der Waals surface area (Å²) in [6, 6.07) is 5.93. The molecule has 1 saturated heterocycles. The van der Waals surface area contributed by atoms with E-state index in [0.29, 0.717) is 12.8 Å². The molecule has 0 atom stereocenters. The lowest BCUT2D eigenvalue weighted by atomic mass is 9.95. The average Bonchev–Trinajstić information content (AvgIpc) is 2.54. The van der Waals surface area contributed by atoms with Gasteiger partial charge in [0.25, 0.3) is 0 Å². The third-order valence-corrected chi connectivity index (χ3v) is 4.40. The van der Waals surface area contributed by atoms with Gasteiger partial charge in [0.1, 0.15) is 11.3 Å². The summed E-state index contributed by atoms with van der Waals surface area (Å²) in [5.41, 5.74) is 3.10. The molecule has 22 heavy (non-hydrogen) atoms. The largest absolute Gasteiger partial charge is 0.494 e. The molecular formula is C17H20N2O3. The molecular weight excluding hydrogens is 280 g/mol. The second-order valence-corrected chi connectivity index (χ2v) is 5.75. The number of rotatable bonds is 3. The number of carboxylic acid groups (broad SMARTS) is 1. The van der Waals surface area contributed by atoms with Crippen molar-refractivity contribution in [3.63, 3.8) is 0 Å². The number of methoxy groups -OCH3 is 1. The summed E-state index contributed by atoms with van der Waals surface area (Å²) in [6.45, 7) is 3.56. The number of nitrogens with zero attached hydrogens (tertiary/aromatic N) is 2. The van der Waals surface area contributed by atoms with E-state index in [0.717, 1.165) is 41.0 Å². The highest BCUT2D eigenvalue weighted by atomic mass is 16.5. The number of para-hydroxylation sites is 1. The van der Waals surface area contributed by atoms with Gasteiger partial charge in [0.2, 0.25) is 0 Å². The lowest BCUT2D eigenvalue weighted by Gasteiger charge is -2.33. The van der Waals surface area contributed by atoms with E-state index in [2.05, 4.69) is 16.0 Å². The zero-order chi connectivity index (χ0) is 15.7. The van der Waals surface area contributed by atoms with Crippen LogP contribution in [-0.2, 0) is 4.79 Å². The van der Waals surface area contributed by atoms with Crippen LogP contribution < -0.4 is 9.64 Å². The van der Waals surface area contributed by atoms with Gasteiger partial charge in [-0.25, -0.2) is 0 Å². The lowest BCUT2D eigenvalue weighted by Crippen LogP contribution is -2.36. The summed E-state index contributed by atoms with van der Waals surface area (Å²) in [7, 11) is 1.65. The summed E-state index contributed by atoms with van der Waals surface area (Å²) in [5, 5.41) is 10.2. The summed E-state index contributed by atoms with van der Waals surface area (Å²) >= 11 is 0. The molecule has 1 fully saturated rings. The van der Waals surface area contributed by atoms with E-state index in [1.54, 1.807) is 7.11 Å². The van der Waals surface area contributed by atoms with Gasteiger partial charge in [-0.3, -0.25) is 9.78 Å². The number of piperidine rings is 1. The predicted molar refractivity (Wildman–Crippen MR) is 85.6 cm³/mol. The van der Waals surface area contributed by atoms with Gasteiger partial charge in [0, 0.05) is 24.7 Å². The number of ether oxygens (including phenoxy) is 1. The summed E-state index contributed by atoms with van der Waals surface area (Å²) < 4.78 is 5.40. The van der Waals surface area contributed by atoms with Crippen molar-refractivity contribution in [3.05, 3.63) is 30.0 Å². The van der Waals surface area contributed by atoms with Gasteiger partial charge >= 0.3 is 5.97 Å². The van der Waals surface area contributed by atoms with Crippen LogP contribution in [0.1, 0.15) is 18.4 Å². The number of hydrogen-bond donors (Lipinski definition) is 1. The number of aryl methyl sites for hydroxylation is 1. The Morgan fingerprint density at radius 3 is 2.73 bits per heavy atom. The van der Waals surface area contributed by atoms with E-state index in [9.17, 15) is 4.79 Å². The number of anilines is 1. The zero-order valence-corrected chi connectivity index (χ0v) is 12.9. The first-order valence-corrected chi connectivity index (χ1v) is 7.52. The van der Waals surface area contributed by atoms with Gasteiger partial charge < -0.3 is 14.7 Å². The van der Waals surface area contributed by atoms with E-state index in [1.807, 2.05) is 25.3 Å². The van der Waals surface area contributed by atoms with Gasteiger partial charge in [-0.05, 0) is 31.4 Å². The minimum Gasteiger partial charge on any atom is -0.494 e. The summed E-state index contributed by atoms with van der Waals surface area (Å²) in [6.07, 6.45) is 3.23. The molecule has 1 aliphatic rings. The maximum atomic E-state index is 11.1. The van der Waals surface area contributed by atoms with Gasteiger partial charge in [0.15, 0.2) is 0 Å². The first-order valence-electron chi connectivity index (χ1n) is 7.52. The molecule has 0 amide bonds. The van der Waals surface area contributed by atoms with E-state index in [1.165, 1.54) is 0 Å². The quantitative estimate of drug-likeness (QED) is 0.944. The minimum atomic E-state index is -0.683.